The van der Waals surface area contributed by atoms with E-state index in [4.69, 9.17) is 33.0 Å². The number of amides is 1. The van der Waals surface area contributed by atoms with Crippen LogP contribution in [-0.4, -0.2) is 64.0 Å². The summed E-state index contributed by atoms with van der Waals surface area (Å²) in [5.41, 5.74) is 2.77. The number of benzene rings is 2. The number of carbonyl (C=O) groups is 2. The average molecular weight is 578 g/mol. The molecule has 1 amide bonds. The molecule has 1 unspecified atom stereocenters. The maximum Gasteiger partial charge on any atom is 0.339 e. The van der Waals surface area contributed by atoms with E-state index in [1.807, 2.05) is 31.9 Å². The molecule has 9 nitrogen and oxygen atoms in total. The lowest BCUT2D eigenvalue weighted by atomic mass is 9.97. The van der Waals surface area contributed by atoms with Crippen molar-refractivity contribution in [3.05, 3.63) is 63.3 Å². The Morgan fingerprint density at radius 3 is 2.56 bits per heavy atom. The molecule has 1 aromatic heterocycles. The number of aromatic carboxylic acids is 1. The van der Waals surface area contributed by atoms with Gasteiger partial charge in [0, 0.05) is 50.8 Å². The van der Waals surface area contributed by atoms with E-state index in [9.17, 15) is 14.7 Å². The average Bonchev–Trinajstić information content (AvgIpc) is 3.28. The minimum atomic E-state index is -1.21. The number of nitrogens with one attached hydrogen (secondary N) is 1. The molecule has 210 valence electrons. The van der Waals surface area contributed by atoms with Gasteiger partial charge >= 0.3 is 5.97 Å². The van der Waals surface area contributed by atoms with Gasteiger partial charge in [-0.25, -0.2) is 4.79 Å². The van der Waals surface area contributed by atoms with Gasteiger partial charge in [0.15, 0.2) is 0 Å². The fourth-order valence-electron chi connectivity index (χ4n) is 4.30. The Balaban J connectivity index is 1.73. The first-order valence-corrected chi connectivity index (χ1v) is 13.4. The Morgan fingerprint density at radius 1 is 1.18 bits per heavy atom. The predicted octanol–water partition coefficient (Wildman–Crippen LogP) is 5.33. The number of carboxylic acids is 1. The lowest BCUT2D eigenvalue weighted by Crippen LogP contribution is -2.30. The second-order valence-electron chi connectivity index (χ2n) is 9.33. The highest BCUT2D eigenvalue weighted by atomic mass is 35.5. The molecular weight excluding hydrogens is 543 g/mol. The lowest BCUT2D eigenvalue weighted by Gasteiger charge is -2.21. The van der Waals surface area contributed by atoms with E-state index in [-0.39, 0.29) is 34.8 Å². The first-order valence-electron chi connectivity index (χ1n) is 12.7. The highest BCUT2D eigenvalue weighted by Crippen LogP contribution is 2.40. The highest BCUT2D eigenvalue weighted by molar-refractivity contribution is 6.44. The Hall–Kier alpha value is -3.27. The molecule has 3 aromatic rings. The molecule has 39 heavy (non-hydrogen) atoms. The van der Waals surface area contributed by atoms with Crippen molar-refractivity contribution in [2.45, 2.75) is 38.7 Å². The van der Waals surface area contributed by atoms with Gasteiger partial charge in [-0.15, -0.1) is 0 Å². The van der Waals surface area contributed by atoms with Gasteiger partial charge in [-0.3, -0.25) is 9.48 Å². The van der Waals surface area contributed by atoms with Crippen LogP contribution >= 0.6 is 23.2 Å². The van der Waals surface area contributed by atoms with Gasteiger partial charge in [0.2, 0.25) is 5.91 Å². The van der Waals surface area contributed by atoms with Crippen LogP contribution in [0.3, 0.4) is 0 Å². The van der Waals surface area contributed by atoms with Crippen LogP contribution in [0.15, 0.2) is 36.4 Å². The van der Waals surface area contributed by atoms with Gasteiger partial charge < -0.3 is 25.2 Å². The molecule has 0 aliphatic carbocycles. The number of aromatic hydroxyl groups is 1. The third-order valence-corrected chi connectivity index (χ3v) is 7.53. The molecule has 0 radical (unpaired) electrons. The first-order chi connectivity index (χ1) is 18.6. The molecule has 3 N–H and O–H groups in total. The molecule has 0 saturated heterocycles. The zero-order chi connectivity index (χ0) is 28.7. The quantitative estimate of drug-likeness (QED) is 0.252. The number of nitrogens with zero attached hydrogens (tertiary/aromatic N) is 3. The number of hydrogen-bond donors (Lipinski definition) is 3. The normalized spacial score (nSPS) is 11.8. The summed E-state index contributed by atoms with van der Waals surface area (Å²) in [5.74, 6) is -0.887. The maximum atomic E-state index is 12.3. The largest absolute Gasteiger partial charge is 0.507 e. The zero-order valence-corrected chi connectivity index (χ0v) is 24.0. The van der Waals surface area contributed by atoms with E-state index >= 15 is 0 Å². The second kappa shape index (κ2) is 13.7. The minimum Gasteiger partial charge on any atom is -0.507 e. The maximum absolute atomic E-state index is 12.3. The molecule has 1 atom stereocenters. The summed E-state index contributed by atoms with van der Waals surface area (Å²) in [4.78, 5) is 25.1. The van der Waals surface area contributed by atoms with Crippen molar-refractivity contribution in [1.29, 1.82) is 0 Å². The molecular formula is C28H34Cl2N4O5. The van der Waals surface area contributed by atoms with Crippen molar-refractivity contribution in [2.75, 3.05) is 27.2 Å². The summed E-state index contributed by atoms with van der Waals surface area (Å²) in [6.45, 7) is 3.48. The molecule has 2 aromatic carbocycles. The molecule has 0 aliphatic rings. The van der Waals surface area contributed by atoms with Crippen LogP contribution in [0.5, 0.6) is 11.5 Å². The van der Waals surface area contributed by atoms with Gasteiger partial charge in [0.1, 0.15) is 28.7 Å². The summed E-state index contributed by atoms with van der Waals surface area (Å²) in [6.07, 6.45) is 2.17. The third kappa shape index (κ3) is 7.44. The van der Waals surface area contributed by atoms with E-state index in [0.717, 1.165) is 18.5 Å². The van der Waals surface area contributed by atoms with Crippen LogP contribution in [0.4, 0.5) is 0 Å². The first kappa shape index (κ1) is 30.3. The fraction of sp³-hybridized carbons (Fsp3) is 0.393. The van der Waals surface area contributed by atoms with Crippen LogP contribution in [0.25, 0.3) is 11.3 Å². The monoisotopic (exact) mass is 576 g/mol. The van der Waals surface area contributed by atoms with Crippen LogP contribution in [0, 0.1) is 0 Å². The smallest absolute Gasteiger partial charge is 0.339 e. The number of carbonyl (C=O) groups excluding carboxylic acids is 1. The van der Waals surface area contributed by atoms with Crippen LogP contribution in [-0.2, 0) is 18.4 Å². The van der Waals surface area contributed by atoms with Gasteiger partial charge in [-0.05, 0) is 55.8 Å². The summed E-state index contributed by atoms with van der Waals surface area (Å²) < 4.78 is 7.64. The van der Waals surface area contributed by atoms with Crippen LogP contribution in [0.2, 0.25) is 10.0 Å². The number of aromatic nitrogens is 2. The molecule has 0 aliphatic heterocycles. The molecule has 0 spiro atoms. The van der Waals surface area contributed by atoms with Crippen molar-refractivity contribution in [3.63, 3.8) is 0 Å². The number of phenols is 1. The van der Waals surface area contributed by atoms with Crippen LogP contribution in [0.1, 0.15) is 53.7 Å². The van der Waals surface area contributed by atoms with Gasteiger partial charge in [0.25, 0.3) is 0 Å². The number of halogens is 2. The summed E-state index contributed by atoms with van der Waals surface area (Å²) in [7, 11) is 5.55. The van der Waals surface area contributed by atoms with E-state index in [1.54, 1.807) is 23.1 Å². The molecule has 1 heterocycles. The van der Waals surface area contributed by atoms with Crippen molar-refractivity contribution < 1.29 is 24.5 Å². The van der Waals surface area contributed by atoms with E-state index in [0.29, 0.717) is 47.1 Å². The van der Waals surface area contributed by atoms with Crippen molar-refractivity contribution in [3.8, 4) is 22.8 Å². The third-order valence-electron chi connectivity index (χ3n) is 6.66. The zero-order valence-electron chi connectivity index (χ0n) is 22.5. The van der Waals surface area contributed by atoms with Crippen molar-refractivity contribution >= 4 is 35.1 Å². The number of ether oxygens (including phenoxy) is 1. The Morgan fingerprint density at radius 2 is 1.92 bits per heavy atom. The molecule has 11 heteroatoms. The fourth-order valence-corrected chi connectivity index (χ4v) is 4.78. The van der Waals surface area contributed by atoms with Crippen molar-refractivity contribution in [1.82, 2.24) is 20.0 Å². The standard InChI is InChI=1S/C28H34Cl2N4O5/c1-5-18(11-13-33(3)25(36)10-12-31-2)22-15-21(32-34(22)4)19-8-9-24(27(30)26(19)29)39-16-17-6-7-20(28(37)38)23(35)14-17/h6-9,14-15,18,31,35H,5,10-13,16H2,1-4H3,(H,37,38). The van der Waals surface area contributed by atoms with Gasteiger partial charge in [-0.1, -0.05) is 36.2 Å². The summed E-state index contributed by atoms with van der Waals surface area (Å²) >= 11 is 13.2. The number of carboxylic acid groups (broad SMARTS) is 1. The van der Waals surface area contributed by atoms with Gasteiger partial charge in [-0.2, -0.15) is 5.10 Å². The van der Waals surface area contributed by atoms with Crippen LogP contribution < -0.4 is 10.1 Å². The van der Waals surface area contributed by atoms with E-state index in [1.165, 1.54) is 12.1 Å². The molecule has 3 rings (SSSR count). The highest BCUT2D eigenvalue weighted by Gasteiger charge is 2.21. The topological polar surface area (TPSA) is 117 Å². The Bertz CT molecular complexity index is 1330. The SMILES string of the molecule is CCC(CCN(C)C(=O)CCNC)c1cc(-c2ccc(OCc3ccc(C(=O)O)c(O)c3)c(Cl)c2Cl)nn1C. The molecule has 0 fully saturated rings. The lowest BCUT2D eigenvalue weighted by molar-refractivity contribution is -0.129. The van der Waals surface area contributed by atoms with E-state index in [2.05, 4.69) is 17.3 Å². The second-order valence-corrected chi connectivity index (χ2v) is 10.1. The number of aryl methyl sites for hydroxylation is 1. The van der Waals surface area contributed by atoms with E-state index < -0.39 is 5.97 Å². The Kier molecular flexibility index (Phi) is 10.6. The van der Waals surface area contributed by atoms with Gasteiger partial charge in [0.05, 0.1) is 10.7 Å². The van der Waals surface area contributed by atoms with Crippen molar-refractivity contribution in [2.24, 2.45) is 7.05 Å². The molecule has 0 saturated carbocycles. The number of rotatable bonds is 13. The summed E-state index contributed by atoms with van der Waals surface area (Å²) in [6, 6.07) is 9.70. The summed E-state index contributed by atoms with van der Waals surface area (Å²) in [5, 5.41) is 27.2. The Labute approximate surface area is 238 Å². The molecule has 0 bridgehead atoms. The minimum absolute atomic E-state index is 0.0562. The number of hydrogen-bond acceptors (Lipinski definition) is 6. The predicted molar refractivity (Wildman–Crippen MR) is 152 cm³/mol.